The second kappa shape index (κ2) is 6.90. The Balaban J connectivity index is 1.83. The van der Waals surface area contributed by atoms with Gasteiger partial charge in [-0.1, -0.05) is 19.8 Å². The lowest BCUT2D eigenvalue weighted by Gasteiger charge is -2.45. The first kappa shape index (κ1) is 15.8. The zero-order valence-electron chi connectivity index (χ0n) is 13.4. The lowest BCUT2D eigenvalue weighted by molar-refractivity contribution is -0.122. The smallest absolute Gasteiger partial charge is 0.221 e. The SMILES string of the molecule is CC1CCCC(CNC(=O)CC2CCCN2)(N(C)C)C1. The Morgan fingerprint density at radius 3 is 2.75 bits per heavy atom. The lowest BCUT2D eigenvalue weighted by atomic mass is 9.75. The molecule has 1 heterocycles. The van der Waals surface area contributed by atoms with E-state index < -0.39 is 0 Å². The van der Waals surface area contributed by atoms with E-state index >= 15 is 0 Å². The molecule has 1 amide bonds. The first-order valence-corrected chi connectivity index (χ1v) is 8.19. The minimum Gasteiger partial charge on any atom is -0.354 e. The number of likely N-dealkylation sites (N-methyl/N-ethyl adjacent to an activating group) is 1. The highest BCUT2D eigenvalue weighted by Gasteiger charge is 2.37. The Morgan fingerprint density at radius 1 is 1.35 bits per heavy atom. The van der Waals surface area contributed by atoms with Crippen LogP contribution in [0.4, 0.5) is 0 Å². The number of carbonyl (C=O) groups is 1. The third-order valence-corrected chi connectivity index (χ3v) is 5.22. The van der Waals surface area contributed by atoms with Crippen molar-refractivity contribution >= 4 is 5.91 Å². The van der Waals surface area contributed by atoms with Gasteiger partial charge in [-0.25, -0.2) is 0 Å². The van der Waals surface area contributed by atoms with E-state index in [0.29, 0.717) is 12.5 Å². The van der Waals surface area contributed by atoms with Crippen LogP contribution in [0.2, 0.25) is 0 Å². The molecular weight excluding hydrogens is 250 g/mol. The summed E-state index contributed by atoms with van der Waals surface area (Å²) in [5.74, 6) is 0.975. The van der Waals surface area contributed by atoms with Gasteiger partial charge < -0.3 is 15.5 Å². The quantitative estimate of drug-likeness (QED) is 0.807. The van der Waals surface area contributed by atoms with Crippen molar-refractivity contribution in [3.8, 4) is 0 Å². The van der Waals surface area contributed by atoms with Crippen LogP contribution >= 0.6 is 0 Å². The first-order chi connectivity index (χ1) is 9.52. The van der Waals surface area contributed by atoms with E-state index in [9.17, 15) is 4.79 Å². The molecule has 1 aliphatic carbocycles. The van der Waals surface area contributed by atoms with Crippen molar-refractivity contribution in [2.75, 3.05) is 27.2 Å². The van der Waals surface area contributed by atoms with Gasteiger partial charge in [-0.3, -0.25) is 4.79 Å². The van der Waals surface area contributed by atoms with Gasteiger partial charge in [0, 0.05) is 24.5 Å². The molecule has 2 aliphatic rings. The summed E-state index contributed by atoms with van der Waals surface area (Å²) < 4.78 is 0. The van der Waals surface area contributed by atoms with Crippen molar-refractivity contribution in [2.24, 2.45) is 5.92 Å². The van der Waals surface area contributed by atoms with Crippen LogP contribution < -0.4 is 10.6 Å². The third kappa shape index (κ3) is 3.95. The molecule has 0 radical (unpaired) electrons. The van der Waals surface area contributed by atoms with E-state index in [1.54, 1.807) is 0 Å². The molecule has 20 heavy (non-hydrogen) atoms. The summed E-state index contributed by atoms with van der Waals surface area (Å²) in [4.78, 5) is 14.4. The van der Waals surface area contributed by atoms with E-state index in [1.807, 2.05) is 0 Å². The Kier molecular flexibility index (Phi) is 5.44. The molecule has 3 unspecified atom stereocenters. The molecule has 1 saturated carbocycles. The number of carbonyl (C=O) groups excluding carboxylic acids is 1. The fourth-order valence-electron chi connectivity index (χ4n) is 3.85. The molecule has 2 rings (SSSR count). The van der Waals surface area contributed by atoms with Crippen molar-refractivity contribution in [2.45, 2.75) is 63.5 Å². The second-order valence-corrected chi connectivity index (χ2v) is 7.09. The van der Waals surface area contributed by atoms with Crippen LogP contribution in [0.25, 0.3) is 0 Å². The molecule has 0 aromatic carbocycles. The van der Waals surface area contributed by atoms with E-state index in [0.717, 1.165) is 25.4 Å². The van der Waals surface area contributed by atoms with E-state index in [2.05, 4.69) is 36.6 Å². The average Bonchev–Trinajstić information content (AvgIpc) is 2.89. The van der Waals surface area contributed by atoms with Crippen LogP contribution in [0, 0.1) is 5.92 Å². The van der Waals surface area contributed by atoms with Crippen molar-refractivity contribution < 1.29 is 4.79 Å². The number of rotatable bonds is 5. The van der Waals surface area contributed by atoms with Gasteiger partial charge in [-0.05, 0) is 52.2 Å². The molecular formula is C16H31N3O. The van der Waals surface area contributed by atoms with Crippen LogP contribution in [-0.4, -0.2) is 49.6 Å². The fraction of sp³-hybridized carbons (Fsp3) is 0.938. The molecule has 0 spiro atoms. The molecule has 116 valence electrons. The zero-order chi connectivity index (χ0) is 14.6. The maximum atomic E-state index is 12.1. The standard InChI is InChI=1S/C16H31N3O/c1-13-6-4-8-16(11-13,19(2)3)12-18-15(20)10-14-7-5-9-17-14/h13-14,17H,4-12H2,1-3H3,(H,18,20). The van der Waals surface area contributed by atoms with Gasteiger partial charge in [-0.15, -0.1) is 0 Å². The topological polar surface area (TPSA) is 44.4 Å². The molecule has 0 bridgehead atoms. The summed E-state index contributed by atoms with van der Waals surface area (Å²) in [6.45, 7) is 4.20. The van der Waals surface area contributed by atoms with Crippen molar-refractivity contribution in [3.05, 3.63) is 0 Å². The predicted molar refractivity (Wildman–Crippen MR) is 82.7 cm³/mol. The maximum absolute atomic E-state index is 12.1. The Morgan fingerprint density at radius 2 is 2.15 bits per heavy atom. The van der Waals surface area contributed by atoms with Gasteiger partial charge in [0.2, 0.25) is 5.91 Å². The highest BCUT2D eigenvalue weighted by atomic mass is 16.1. The minimum absolute atomic E-state index is 0.163. The third-order valence-electron chi connectivity index (χ3n) is 5.22. The van der Waals surface area contributed by atoms with Crippen LogP contribution in [0.3, 0.4) is 0 Å². The van der Waals surface area contributed by atoms with E-state index in [-0.39, 0.29) is 11.4 Å². The lowest BCUT2D eigenvalue weighted by Crippen LogP contribution is -2.55. The largest absolute Gasteiger partial charge is 0.354 e. The summed E-state index contributed by atoms with van der Waals surface area (Å²) in [5, 5.41) is 6.59. The number of hydrogen-bond acceptors (Lipinski definition) is 3. The van der Waals surface area contributed by atoms with Gasteiger partial charge in [0.1, 0.15) is 0 Å². The average molecular weight is 281 g/mol. The summed E-state index contributed by atoms with van der Waals surface area (Å²) in [5.41, 5.74) is 0.163. The van der Waals surface area contributed by atoms with Crippen LogP contribution in [0.15, 0.2) is 0 Å². The number of hydrogen-bond donors (Lipinski definition) is 2. The monoisotopic (exact) mass is 281 g/mol. The Bertz CT molecular complexity index is 326. The molecule has 3 atom stereocenters. The Labute approximate surface area is 123 Å². The number of amides is 1. The van der Waals surface area contributed by atoms with Gasteiger partial charge in [0.15, 0.2) is 0 Å². The molecule has 2 N–H and O–H groups in total. The molecule has 4 nitrogen and oxygen atoms in total. The first-order valence-electron chi connectivity index (χ1n) is 8.19. The molecule has 2 fully saturated rings. The summed E-state index contributed by atoms with van der Waals surface area (Å²) in [6, 6.07) is 0.399. The maximum Gasteiger partial charge on any atom is 0.221 e. The van der Waals surface area contributed by atoms with Crippen LogP contribution in [0.1, 0.15) is 51.9 Å². The summed E-state index contributed by atoms with van der Waals surface area (Å²) >= 11 is 0. The van der Waals surface area contributed by atoms with Crippen molar-refractivity contribution in [1.29, 1.82) is 0 Å². The predicted octanol–water partition coefficient (Wildman–Crippen LogP) is 1.76. The fourth-order valence-corrected chi connectivity index (χ4v) is 3.85. The van der Waals surface area contributed by atoms with Gasteiger partial charge in [0.05, 0.1) is 0 Å². The van der Waals surface area contributed by atoms with Crippen molar-refractivity contribution in [3.63, 3.8) is 0 Å². The molecule has 4 heteroatoms. The molecule has 1 saturated heterocycles. The summed E-state index contributed by atoms with van der Waals surface area (Å²) in [7, 11) is 4.31. The number of nitrogens with one attached hydrogen (secondary N) is 2. The normalized spacial score (nSPS) is 34.4. The molecule has 0 aromatic heterocycles. The highest BCUT2D eigenvalue weighted by molar-refractivity contribution is 5.76. The van der Waals surface area contributed by atoms with Gasteiger partial charge in [0.25, 0.3) is 0 Å². The van der Waals surface area contributed by atoms with Gasteiger partial charge >= 0.3 is 0 Å². The van der Waals surface area contributed by atoms with Crippen LogP contribution in [0.5, 0.6) is 0 Å². The highest BCUT2D eigenvalue weighted by Crippen LogP contribution is 2.35. The van der Waals surface area contributed by atoms with Crippen LogP contribution in [-0.2, 0) is 4.79 Å². The molecule has 0 aromatic rings. The van der Waals surface area contributed by atoms with E-state index in [1.165, 1.54) is 32.1 Å². The zero-order valence-corrected chi connectivity index (χ0v) is 13.4. The number of nitrogens with zero attached hydrogens (tertiary/aromatic N) is 1. The van der Waals surface area contributed by atoms with Gasteiger partial charge in [-0.2, -0.15) is 0 Å². The van der Waals surface area contributed by atoms with E-state index in [4.69, 9.17) is 0 Å². The van der Waals surface area contributed by atoms with Crippen molar-refractivity contribution in [1.82, 2.24) is 15.5 Å². The summed E-state index contributed by atoms with van der Waals surface area (Å²) in [6.07, 6.45) is 7.99. The second-order valence-electron chi connectivity index (χ2n) is 7.09. The minimum atomic E-state index is 0.163. The Hall–Kier alpha value is -0.610. The molecule has 1 aliphatic heterocycles.